The summed E-state index contributed by atoms with van der Waals surface area (Å²) in [5.74, 6) is 2.09. The molecule has 0 atom stereocenters. The van der Waals surface area contributed by atoms with Gasteiger partial charge in [-0.25, -0.2) is 0 Å². The Morgan fingerprint density at radius 2 is 1.95 bits per heavy atom. The maximum absolute atomic E-state index is 5.81. The molecule has 0 amide bonds. The number of ether oxygens (including phenoxy) is 2. The maximum atomic E-state index is 5.81. The van der Waals surface area contributed by atoms with E-state index >= 15 is 0 Å². The van der Waals surface area contributed by atoms with Gasteiger partial charge in [0.1, 0.15) is 5.75 Å². The molecule has 2 rings (SSSR count). The highest BCUT2D eigenvalue weighted by Crippen LogP contribution is 2.31. The van der Waals surface area contributed by atoms with E-state index in [9.17, 15) is 0 Å². The first-order valence-corrected chi connectivity index (χ1v) is 6.37. The van der Waals surface area contributed by atoms with Crippen LogP contribution in [0.25, 0.3) is 0 Å². The topological polar surface area (TPSA) is 57.4 Å². The minimum Gasteiger partial charge on any atom is -0.490 e. The number of para-hydroxylation sites is 2. The van der Waals surface area contributed by atoms with Crippen molar-refractivity contribution in [1.82, 2.24) is 4.98 Å². The number of hydrogen-bond acceptors (Lipinski definition) is 4. The lowest BCUT2D eigenvalue weighted by Gasteiger charge is -2.12. The van der Waals surface area contributed by atoms with Crippen molar-refractivity contribution < 1.29 is 9.47 Å². The molecule has 2 aromatic rings. The average Bonchev–Trinajstić information content (AvgIpc) is 2.46. The van der Waals surface area contributed by atoms with E-state index in [0.29, 0.717) is 24.7 Å². The molecule has 0 fully saturated rings. The second-order valence-electron chi connectivity index (χ2n) is 4.13. The van der Waals surface area contributed by atoms with Crippen LogP contribution in [0.15, 0.2) is 42.7 Å². The molecule has 0 saturated carbocycles. The third kappa shape index (κ3) is 3.69. The van der Waals surface area contributed by atoms with Crippen LogP contribution in [0.3, 0.4) is 0 Å². The van der Waals surface area contributed by atoms with Crippen LogP contribution >= 0.6 is 0 Å². The van der Waals surface area contributed by atoms with Gasteiger partial charge in [0, 0.05) is 12.7 Å². The number of nitrogens with two attached hydrogens (primary N) is 1. The third-order valence-corrected chi connectivity index (χ3v) is 2.54. The molecule has 1 aromatic heterocycles. The number of aromatic nitrogens is 1. The molecule has 100 valence electrons. The van der Waals surface area contributed by atoms with Crippen molar-refractivity contribution in [1.29, 1.82) is 0 Å². The molecule has 4 nitrogen and oxygen atoms in total. The molecule has 4 heteroatoms. The highest BCUT2D eigenvalue weighted by atomic mass is 16.5. The number of nitrogens with zero attached hydrogens (tertiary/aromatic N) is 1. The zero-order valence-electron chi connectivity index (χ0n) is 11.0. The minimum atomic E-state index is 0.443. The number of hydrogen-bond donors (Lipinski definition) is 1. The van der Waals surface area contributed by atoms with Crippen molar-refractivity contribution in [2.24, 2.45) is 5.73 Å². The van der Waals surface area contributed by atoms with Crippen molar-refractivity contribution in [2.45, 2.75) is 19.9 Å². The summed E-state index contributed by atoms with van der Waals surface area (Å²) in [4.78, 5) is 4.10. The quantitative estimate of drug-likeness (QED) is 0.864. The lowest BCUT2D eigenvalue weighted by atomic mass is 10.3. The Bertz CT molecular complexity index is 529. The van der Waals surface area contributed by atoms with Crippen LogP contribution < -0.4 is 15.2 Å². The van der Waals surface area contributed by atoms with Gasteiger partial charge in [0.15, 0.2) is 11.5 Å². The maximum Gasteiger partial charge on any atom is 0.169 e. The van der Waals surface area contributed by atoms with Crippen LogP contribution in [0.2, 0.25) is 0 Å². The summed E-state index contributed by atoms with van der Waals surface area (Å²) in [6.07, 6.45) is 4.35. The molecule has 0 aliphatic rings. The van der Waals surface area contributed by atoms with Gasteiger partial charge in [-0.05, 0) is 30.2 Å². The van der Waals surface area contributed by atoms with Crippen LogP contribution in [0.1, 0.15) is 18.9 Å². The van der Waals surface area contributed by atoms with Crippen molar-refractivity contribution in [3.63, 3.8) is 0 Å². The van der Waals surface area contributed by atoms with Gasteiger partial charge in [0.05, 0.1) is 12.8 Å². The van der Waals surface area contributed by atoms with Gasteiger partial charge in [-0.2, -0.15) is 0 Å². The summed E-state index contributed by atoms with van der Waals surface area (Å²) in [7, 11) is 0. The number of benzene rings is 1. The molecule has 0 aliphatic heterocycles. The van der Waals surface area contributed by atoms with Gasteiger partial charge >= 0.3 is 0 Å². The number of rotatable bonds is 6. The van der Waals surface area contributed by atoms with Crippen LogP contribution in [0.5, 0.6) is 17.2 Å². The fourth-order valence-electron chi connectivity index (χ4n) is 1.62. The molecule has 0 spiro atoms. The van der Waals surface area contributed by atoms with Crippen LogP contribution in [0, 0.1) is 0 Å². The normalized spacial score (nSPS) is 10.2. The summed E-state index contributed by atoms with van der Waals surface area (Å²) in [5, 5.41) is 0. The van der Waals surface area contributed by atoms with E-state index in [4.69, 9.17) is 15.2 Å². The summed E-state index contributed by atoms with van der Waals surface area (Å²) >= 11 is 0. The first-order valence-electron chi connectivity index (χ1n) is 6.37. The molecule has 0 saturated heterocycles. The minimum absolute atomic E-state index is 0.443. The summed E-state index contributed by atoms with van der Waals surface area (Å²) in [5.41, 5.74) is 6.52. The van der Waals surface area contributed by atoms with Gasteiger partial charge in [0.25, 0.3) is 0 Å². The molecular weight excluding hydrogens is 240 g/mol. The molecule has 0 bridgehead atoms. The van der Waals surface area contributed by atoms with Crippen molar-refractivity contribution >= 4 is 0 Å². The second-order valence-corrected chi connectivity index (χ2v) is 4.13. The molecule has 19 heavy (non-hydrogen) atoms. The molecular formula is C15H18N2O2. The highest BCUT2D eigenvalue weighted by molar-refractivity contribution is 5.42. The third-order valence-electron chi connectivity index (χ3n) is 2.54. The molecule has 0 radical (unpaired) electrons. The Hall–Kier alpha value is -2.07. The predicted molar refractivity (Wildman–Crippen MR) is 74.4 cm³/mol. The average molecular weight is 258 g/mol. The Balaban J connectivity index is 2.17. The van der Waals surface area contributed by atoms with Gasteiger partial charge in [-0.3, -0.25) is 4.98 Å². The fourth-order valence-corrected chi connectivity index (χ4v) is 1.62. The van der Waals surface area contributed by atoms with Crippen molar-refractivity contribution in [2.75, 3.05) is 6.61 Å². The lowest BCUT2D eigenvalue weighted by Crippen LogP contribution is -1.99. The Morgan fingerprint density at radius 3 is 2.68 bits per heavy atom. The van der Waals surface area contributed by atoms with Crippen LogP contribution in [-0.4, -0.2) is 11.6 Å². The van der Waals surface area contributed by atoms with E-state index in [1.807, 2.05) is 30.3 Å². The summed E-state index contributed by atoms with van der Waals surface area (Å²) in [6.45, 7) is 3.18. The molecule has 0 unspecified atom stereocenters. The Labute approximate surface area is 113 Å². The van der Waals surface area contributed by atoms with Gasteiger partial charge < -0.3 is 15.2 Å². The smallest absolute Gasteiger partial charge is 0.169 e. The zero-order valence-corrected chi connectivity index (χ0v) is 11.0. The first-order chi connectivity index (χ1) is 9.33. The largest absolute Gasteiger partial charge is 0.490 e. The van der Waals surface area contributed by atoms with E-state index in [2.05, 4.69) is 11.9 Å². The van der Waals surface area contributed by atoms with Crippen molar-refractivity contribution in [3.05, 3.63) is 48.3 Å². The summed E-state index contributed by atoms with van der Waals surface area (Å²) in [6, 6.07) is 9.48. The zero-order chi connectivity index (χ0) is 13.5. The first kappa shape index (κ1) is 13.4. The Morgan fingerprint density at radius 1 is 1.16 bits per heavy atom. The standard InChI is InChI=1S/C15H18N2O2/c1-2-7-18-14-5-3-4-6-15(14)19-13-8-12(9-16)10-17-11-13/h3-6,8,10-11H,2,7,9,16H2,1H3. The molecule has 1 aromatic carbocycles. The second kappa shape index (κ2) is 6.75. The SMILES string of the molecule is CCCOc1ccccc1Oc1cncc(CN)c1. The monoisotopic (exact) mass is 258 g/mol. The van der Waals surface area contributed by atoms with Gasteiger partial charge in [-0.15, -0.1) is 0 Å². The molecule has 0 aliphatic carbocycles. The van der Waals surface area contributed by atoms with Crippen LogP contribution in [-0.2, 0) is 6.54 Å². The van der Waals surface area contributed by atoms with E-state index < -0.39 is 0 Å². The number of pyridine rings is 1. The van der Waals surface area contributed by atoms with Gasteiger partial charge in [0.2, 0.25) is 0 Å². The van der Waals surface area contributed by atoms with Crippen LogP contribution in [0.4, 0.5) is 0 Å². The van der Waals surface area contributed by atoms with E-state index in [-0.39, 0.29) is 0 Å². The molecule has 2 N–H and O–H groups in total. The van der Waals surface area contributed by atoms with E-state index in [0.717, 1.165) is 17.7 Å². The molecule has 1 heterocycles. The van der Waals surface area contributed by atoms with Crippen molar-refractivity contribution in [3.8, 4) is 17.2 Å². The van der Waals surface area contributed by atoms with E-state index in [1.165, 1.54) is 0 Å². The van der Waals surface area contributed by atoms with Gasteiger partial charge in [-0.1, -0.05) is 19.1 Å². The highest BCUT2D eigenvalue weighted by Gasteiger charge is 2.06. The van der Waals surface area contributed by atoms with E-state index in [1.54, 1.807) is 12.4 Å². The summed E-state index contributed by atoms with van der Waals surface area (Å²) < 4.78 is 11.5. The fraction of sp³-hybridized carbons (Fsp3) is 0.267. The predicted octanol–water partition coefficient (Wildman–Crippen LogP) is 3.12. The lowest BCUT2D eigenvalue weighted by molar-refractivity contribution is 0.302. The Kier molecular flexibility index (Phi) is 4.75.